The number of furan rings is 1. The van der Waals surface area contributed by atoms with Gasteiger partial charge in [-0.2, -0.15) is 13.2 Å². The molecule has 5 nitrogen and oxygen atoms in total. The van der Waals surface area contributed by atoms with Gasteiger partial charge in [0.25, 0.3) is 11.4 Å². The summed E-state index contributed by atoms with van der Waals surface area (Å²) in [6.45, 7) is 1.49. The Bertz CT molecular complexity index is 876. The van der Waals surface area contributed by atoms with Gasteiger partial charge in [0.1, 0.15) is 17.0 Å². The highest BCUT2D eigenvalue weighted by Gasteiger charge is 2.34. The lowest BCUT2D eigenvalue weighted by molar-refractivity contribution is -0.138. The molecule has 0 aromatic carbocycles. The van der Waals surface area contributed by atoms with Crippen LogP contribution in [0.2, 0.25) is 0 Å². The molecule has 3 heterocycles. The smallest absolute Gasteiger partial charge is 0.421 e. The van der Waals surface area contributed by atoms with Crippen LogP contribution in [0.15, 0.2) is 50.4 Å². The van der Waals surface area contributed by atoms with E-state index in [1.165, 1.54) is 18.5 Å². The first-order valence-corrected chi connectivity index (χ1v) is 6.63. The Morgan fingerprint density at radius 3 is 2.70 bits per heavy atom. The predicted molar refractivity (Wildman–Crippen MR) is 73.7 cm³/mol. The molecular formula is C15H11F3N2O3. The van der Waals surface area contributed by atoms with Gasteiger partial charge < -0.3 is 13.4 Å². The van der Waals surface area contributed by atoms with Gasteiger partial charge in [0, 0.05) is 6.20 Å². The summed E-state index contributed by atoms with van der Waals surface area (Å²) in [7, 11) is 0. The van der Waals surface area contributed by atoms with E-state index in [0.29, 0.717) is 17.2 Å². The number of hydrogen-bond donors (Lipinski definition) is 0. The van der Waals surface area contributed by atoms with Gasteiger partial charge in [0.15, 0.2) is 5.76 Å². The molecule has 0 atom stereocenters. The minimum absolute atomic E-state index is 0.126. The zero-order chi connectivity index (χ0) is 16.6. The molecule has 8 heteroatoms. The third kappa shape index (κ3) is 2.92. The van der Waals surface area contributed by atoms with E-state index in [1.807, 2.05) is 0 Å². The molecule has 0 bridgehead atoms. The van der Waals surface area contributed by atoms with Crippen molar-refractivity contribution >= 4 is 0 Å². The van der Waals surface area contributed by atoms with Crippen molar-refractivity contribution in [2.45, 2.75) is 19.6 Å². The van der Waals surface area contributed by atoms with E-state index in [0.717, 1.165) is 10.6 Å². The van der Waals surface area contributed by atoms with Crippen molar-refractivity contribution in [2.75, 3.05) is 0 Å². The maximum Gasteiger partial charge on any atom is 0.421 e. The van der Waals surface area contributed by atoms with Crippen LogP contribution in [0.5, 0.6) is 0 Å². The molecule has 0 aliphatic carbocycles. The third-order valence-corrected chi connectivity index (χ3v) is 3.27. The number of aromatic nitrogens is 2. The SMILES string of the molecule is Cc1oc(-c2ccco2)nc1Cn1cccc(C(F)(F)F)c1=O. The van der Waals surface area contributed by atoms with E-state index in [4.69, 9.17) is 8.83 Å². The second-order valence-electron chi connectivity index (χ2n) is 4.85. The molecule has 0 aliphatic heterocycles. The summed E-state index contributed by atoms with van der Waals surface area (Å²) in [6, 6.07) is 5.23. The molecule has 0 saturated heterocycles. The zero-order valence-electron chi connectivity index (χ0n) is 11.9. The van der Waals surface area contributed by atoms with Gasteiger partial charge in [-0.15, -0.1) is 0 Å². The fraction of sp³-hybridized carbons (Fsp3) is 0.200. The lowest BCUT2D eigenvalue weighted by atomic mass is 10.2. The summed E-state index contributed by atoms with van der Waals surface area (Å²) in [4.78, 5) is 16.1. The topological polar surface area (TPSA) is 61.2 Å². The predicted octanol–water partition coefficient (Wildman–Crippen LogP) is 3.47. The second kappa shape index (κ2) is 5.45. The number of aryl methyl sites for hydroxylation is 1. The molecule has 0 spiro atoms. The van der Waals surface area contributed by atoms with Crippen LogP contribution in [0, 0.1) is 6.92 Å². The number of halogens is 3. The van der Waals surface area contributed by atoms with Crippen molar-refractivity contribution in [3.8, 4) is 11.7 Å². The summed E-state index contributed by atoms with van der Waals surface area (Å²) < 4.78 is 49.9. The van der Waals surface area contributed by atoms with E-state index >= 15 is 0 Å². The molecule has 0 aliphatic rings. The first-order valence-electron chi connectivity index (χ1n) is 6.63. The summed E-state index contributed by atoms with van der Waals surface area (Å²) in [5.41, 5.74) is -1.98. The second-order valence-corrected chi connectivity index (χ2v) is 4.85. The van der Waals surface area contributed by atoms with Gasteiger partial charge >= 0.3 is 6.18 Å². The third-order valence-electron chi connectivity index (χ3n) is 3.27. The number of rotatable bonds is 3. The van der Waals surface area contributed by atoms with Crippen LogP contribution in [-0.4, -0.2) is 9.55 Å². The quantitative estimate of drug-likeness (QED) is 0.740. The highest BCUT2D eigenvalue weighted by molar-refractivity contribution is 5.44. The Balaban J connectivity index is 1.96. The van der Waals surface area contributed by atoms with Crippen molar-refractivity contribution in [1.29, 1.82) is 0 Å². The minimum Gasteiger partial charge on any atom is -0.459 e. The van der Waals surface area contributed by atoms with Crippen LogP contribution in [0.3, 0.4) is 0 Å². The molecule has 0 saturated carbocycles. The van der Waals surface area contributed by atoms with Crippen LogP contribution in [0.4, 0.5) is 13.2 Å². The summed E-state index contributed by atoms with van der Waals surface area (Å²) in [6.07, 6.45) is -1.97. The van der Waals surface area contributed by atoms with Gasteiger partial charge in [0.2, 0.25) is 0 Å². The molecule has 3 aromatic heterocycles. The van der Waals surface area contributed by atoms with E-state index in [9.17, 15) is 18.0 Å². The highest BCUT2D eigenvalue weighted by Crippen LogP contribution is 2.26. The molecule has 0 fully saturated rings. The highest BCUT2D eigenvalue weighted by atomic mass is 19.4. The first kappa shape index (κ1) is 15.1. The van der Waals surface area contributed by atoms with Gasteiger partial charge in [0.05, 0.1) is 12.8 Å². The lowest BCUT2D eigenvalue weighted by Crippen LogP contribution is -2.28. The molecule has 0 N–H and O–H groups in total. The van der Waals surface area contributed by atoms with Gasteiger partial charge in [-0.25, -0.2) is 4.98 Å². The van der Waals surface area contributed by atoms with Gasteiger partial charge in [-0.05, 0) is 31.2 Å². The van der Waals surface area contributed by atoms with Gasteiger partial charge in [-0.1, -0.05) is 0 Å². The maximum absolute atomic E-state index is 12.8. The molecule has 0 radical (unpaired) electrons. The fourth-order valence-electron chi connectivity index (χ4n) is 2.12. The van der Waals surface area contributed by atoms with Crippen LogP contribution in [0.1, 0.15) is 17.0 Å². The molecule has 0 unspecified atom stereocenters. The van der Waals surface area contributed by atoms with Crippen molar-refractivity contribution in [3.05, 3.63) is 64.1 Å². The molecule has 3 aromatic rings. The number of alkyl halides is 3. The maximum atomic E-state index is 12.8. The average molecular weight is 324 g/mol. The van der Waals surface area contributed by atoms with E-state index in [-0.39, 0.29) is 12.4 Å². The first-order chi connectivity index (χ1) is 10.9. The van der Waals surface area contributed by atoms with Crippen molar-refractivity contribution in [3.63, 3.8) is 0 Å². The van der Waals surface area contributed by atoms with Crippen LogP contribution < -0.4 is 5.56 Å². The van der Waals surface area contributed by atoms with Crippen LogP contribution in [-0.2, 0) is 12.7 Å². The molecule has 3 rings (SSSR count). The number of oxazole rings is 1. The Labute approximate surface area is 128 Å². The number of pyridine rings is 1. The van der Waals surface area contributed by atoms with E-state index in [1.54, 1.807) is 19.1 Å². The Morgan fingerprint density at radius 2 is 2.04 bits per heavy atom. The van der Waals surface area contributed by atoms with Gasteiger partial charge in [-0.3, -0.25) is 4.79 Å². The Kier molecular flexibility index (Phi) is 3.59. The normalized spacial score (nSPS) is 11.8. The van der Waals surface area contributed by atoms with Crippen molar-refractivity contribution in [1.82, 2.24) is 9.55 Å². The van der Waals surface area contributed by atoms with Crippen LogP contribution >= 0.6 is 0 Å². The zero-order valence-corrected chi connectivity index (χ0v) is 11.9. The minimum atomic E-state index is -4.70. The number of nitrogens with zero attached hydrogens (tertiary/aromatic N) is 2. The van der Waals surface area contributed by atoms with E-state index < -0.39 is 17.3 Å². The Morgan fingerprint density at radius 1 is 1.26 bits per heavy atom. The average Bonchev–Trinajstić information content (AvgIpc) is 3.10. The largest absolute Gasteiger partial charge is 0.459 e. The summed E-state index contributed by atoms with van der Waals surface area (Å²) in [5, 5.41) is 0. The summed E-state index contributed by atoms with van der Waals surface area (Å²) >= 11 is 0. The molecule has 0 amide bonds. The molecule has 23 heavy (non-hydrogen) atoms. The number of hydrogen-bond acceptors (Lipinski definition) is 4. The van der Waals surface area contributed by atoms with E-state index in [2.05, 4.69) is 4.98 Å². The van der Waals surface area contributed by atoms with Crippen molar-refractivity contribution < 1.29 is 22.0 Å². The fourth-order valence-corrected chi connectivity index (χ4v) is 2.12. The standard InChI is InChI=1S/C15H11F3N2O3/c1-9-11(19-13(23-9)12-5-3-7-22-12)8-20-6-2-4-10(14(20)21)15(16,17)18/h2-7H,8H2,1H3. The van der Waals surface area contributed by atoms with Crippen LogP contribution in [0.25, 0.3) is 11.7 Å². The molecular weight excluding hydrogens is 313 g/mol. The summed E-state index contributed by atoms with van der Waals surface area (Å²) in [5.74, 6) is 1.01. The van der Waals surface area contributed by atoms with Crippen molar-refractivity contribution in [2.24, 2.45) is 0 Å². The Hall–Kier alpha value is -2.77. The lowest BCUT2D eigenvalue weighted by Gasteiger charge is -2.09. The monoisotopic (exact) mass is 324 g/mol. The molecule has 120 valence electrons.